The monoisotopic (exact) mass is 217 g/mol. The van der Waals surface area contributed by atoms with Gasteiger partial charge in [-0.05, 0) is 25.3 Å². The standard InChI is InChI=1S/C12H21F2N/c13-12(14)9-15-7-6-11(12)8-10-4-2-1-3-5-10/h10-11,15H,1-9H2. The fourth-order valence-electron chi connectivity index (χ4n) is 3.00. The topological polar surface area (TPSA) is 12.0 Å². The molecule has 15 heavy (non-hydrogen) atoms. The van der Waals surface area contributed by atoms with Gasteiger partial charge in [0.2, 0.25) is 0 Å². The summed E-state index contributed by atoms with van der Waals surface area (Å²) < 4.78 is 27.1. The van der Waals surface area contributed by atoms with E-state index in [1.165, 1.54) is 32.1 Å². The summed E-state index contributed by atoms with van der Waals surface area (Å²) in [4.78, 5) is 0. The molecule has 0 bridgehead atoms. The normalized spacial score (nSPS) is 32.8. The van der Waals surface area contributed by atoms with E-state index in [1.54, 1.807) is 0 Å². The highest BCUT2D eigenvalue weighted by Gasteiger charge is 2.42. The largest absolute Gasteiger partial charge is 0.311 e. The molecule has 2 aliphatic rings. The molecule has 2 fully saturated rings. The van der Waals surface area contributed by atoms with Gasteiger partial charge in [0.1, 0.15) is 0 Å². The lowest BCUT2D eigenvalue weighted by molar-refractivity contribution is -0.0822. The summed E-state index contributed by atoms with van der Waals surface area (Å²) >= 11 is 0. The van der Waals surface area contributed by atoms with Gasteiger partial charge in [0.15, 0.2) is 0 Å². The number of rotatable bonds is 2. The first-order valence-corrected chi connectivity index (χ1v) is 6.27. The maximum atomic E-state index is 13.6. The Bertz CT molecular complexity index is 200. The van der Waals surface area contributed by atoms with Gasteiger partial charge in [0.05, 0.1) is 6.54 Å². The van der Waals surface area contributed by atoms with Crippen LogP contribution in [0.25, 0.3) is 0 Å². The van der Waals surface area contributed by atoms with E-state index in [-0.39, 0.29) is 12.5 Å². The molecule has 0 radical (unpaired) electrons. The van der Waals surface area contributed by atoms with Gasteiger partial charge >= 0.3 is 0 Å². The third-order valence-corrected chi connectivity index (χ3v) is 3.97. The minimum Gasteiger partial charge on any atom is -0.311 e. The van der Waals surface area contributed by atoms with Crippen LogP contribution < -0.4 is 5.32 Å². The van der Waals surface area contributed by atoms with Crippen molar-refractivity contribution in [1.82, 2.24) is 5.32 Å². The second kappa shape index (κ2) is 4.77. The zero-order valence-corrected chi connectivity index (χ0v) is 9.27. The Hall–Kier alpha value is -0.180. The van der Waals surface area contributed by atoms with E-state index in [0.717, 1.165) is 13.0 Å². The molecule has 3 heteroatoms. The Morgan fingerprint density at radius 3 is 2.47 bits per heavy atom. The van der Waals surface area contributed by atoms with Crippen molar-refractivity contribution in [2.45, 2.75) is 50.9 Å². The van der Waals surface area contributed by atoms with Crippen molar-refractivity contribution in [3.8, 4) is 0 Å². The molecule has 0 aromatic carbocycles. The number of piperidine rings is 1. The fourth-order valence-corrected chi connectivity index (χ4v) is 3.00. The maximum absolute atomic E-state index is 13.6. The molecule has 0 spiro atoms. The average molecular weight is 217 g/mol. The van der Waals surface area contributed by atoms with Crippen molar-refractivity contribution in [1.29, 1.82) is 0 Å². The summed E-state index contributed by atoms with van der Waals surface area (Å²) in [6.07, 6.45) is 7.58. The predicted octanol–water partition coefficient (Wildman–Crippen LogP) is 3.20. The molecule has 0 aromatic rings. The number of halogens is 2. The van der Waals surface area contributed by atoms with Gasteiger partial charge in [-0.1, -0.05) is 32.1 Å². The SMILES string of the molecule is FC1(F)CNCCC1CC1CCCCC1. The maximum Gasteiger partial charge on any atom is 0.263 e. The van der Waals surface area contributed by atoms with Crippen LogP contribution in [0.2, 0.25) is 0 Å². The van der Waals surface area contributed by atoms with Crippen LogP contribution in [0.5, 0.6) is 0 Å². The molecule has 88 valence electrons. The van der Waals surface area contributed by atoms with Crippen LogP contribution >= 0.6 is 0 Å². The highest BCUT2D eigenvalue weighted by atomic mass is 19.3. The quantitative estimate of drug-likeness (QED) is 0.749. The minimum absolute atomic E-state index is 0.107. The predicted molar refractivity (Wildman–Crippen MR) is 57.1 cm³/mol. The van der Waals surface area contributed by atoms with Gasteiger partial charge in [-0.25, -0.2) is 8.78 Å². The van der Waals surface area contributed by atoms with Gasteiger partial charge in [-0.3, -0.25) is 0 Å². The zero-order chi connectivity index (χ0) is 10.7. The molecule has 0 aromatic heterocycles. The number of hydrogen-bond acceptors (Lipinski definition) is 1. The third-order valence-electron chi connectivity index (χ3n) is 3.97. The summed E-state index contributed by atoms with van der Waals surface area (Å²) in [5.41, 5.74) is 0. The van der Waals surface area contributed by atoms with E-state index in [4.69, 9.17) is 0 Å². The minimum atomic E-state index is -2.46. The Kier molecular flexibility index (Phi) is 3.60. The lowest BCUT2D eigenvalue weighted by Gasteiger charge is -2.35. The molecule has 1 saturated heterocycles. The van der Waals surface area contributed by atoms with Gasteiger partial charge in [0, 0.05) is 5.92 Å². The molecule has 1 nitrogen and oxygen atoms in total. The highest BCUT2D eigenvalue weighted by Crippen LogP contribution is 2.38. The van der Waals surface area contributed by atoms with Crippen LogP contribution in [0.3, 0.4) is 0 Å². The van der Waals surface area contributed by atoms with Crippen LogP contribution in [0.4, 0.5) is 8.78 Å². The Balaban J connectivity index is 1.85. The van der Waals surface area contributed by atoms with Crippen LogP contribution in [0.15, 0.2) is 0 Å². The van der Waals surface area contributed by atoms with E-state index in [0.29, 0.717) is 12.3 Å². The molecule has 1 unspecified atom stereocenters. The molecule has 2 rings (SSSR count). The van der Waals surface area contributed by atoms with Gasteiger partial charge in [0.25, 0.3) is 5.92 Å². The lowest BCUT2D eigenvalue weighted by Crippen LogP contribution is -2.46. The van der Waals surface area contributed by atoms with Crippen molar-refractivity contribution in [3.05, 3.63) is 0 Å². The van der Waals surface area contributed by atoms with E-state index in [1.807, 2.05) is 0 Å². The van der Waals surface area contributed by atoms with E-state index in [2.05, 4.69) is 5.32 Å². The smallest absolute Gasteiger partial charge is 0.263 e. The van der Waals surface area contributed by atoms with Crippen molar-refractivity contribution < 1.29 is 8.78 Å². The Labute approximate surface area is 90.6 Å². The highest BCUT2D eigenvalue weighted by molar-refractivity contribution is 4.86. The second-order valence-corrected chi connectivity index (χ2v) is 5.16. The third kappa shape index (κ3) is 2.90. The first-order chi connectivity index (χ1) is 7.18. The molecule has 0 amide bonds. The molecule has 1 saturated carbocycles. The molecular weight excluding hydrogens is 196 g/mol. The first kappa shape index (κ1) is 11.3. The molecule has 1 heterocycles. The lowest BCUT2D eigenvalue weighted by atomic mass is 9.79. The summed E-state index contributed by atoms with van der Waals surface area (Å²) in [5.74, 6) is -2.25. The molecule has 1 aliphatic carbocycles. The van der Waals surface area contributed by atoms with Gasteiger partial charge in [-0.15, -0.1) is 0 Å². The van der Waals surface area contributed by atoms with E-state index < -0.39 is 5.92 Å². The molecule has 1 atom stereocenters. The number of nitrogens with one attached hydrogen (secondary N) is 1. The molecule has 1 aliphatic heterocycles. The number of alkyl halides is 2. The van der Waals surface area contributed by atoms with Crippen molar-refractivity contribution in [2.24, 2.45) is 11.8 Å². The van der Waals surface area contributed by atoms with Crippen LogP contribution in [-0.4, -0.2) is 19.0 Å². The fraction of sp³-hybridized carbons (Fsp3) is 1.00. The Morgan fingerprint density at radius 1 is 1.07 bits per heavy atom. The van der Waals surface area contributed by atoms with Crippen LogP contribution in [0.1, 0.15) is 44.9 Å². The Morgan fingerprint density at radius 2 is 1.80 bits per heavy atom. The second-order valence-electron chi connectivity index (χ2n) is 5.16. The summed E-state index contributed by atoms with van der Waals surface area (Å²) in [6, 6.07) is 0. The van der Waals surface area contributed by atoms with Gasteiger partial charge < -0.3 is 5.32 Å². The van der Waals surface area contributed by atoms with E-state index >= 15 is 0 Å². The molecular formula is C12H21F2N. The van der Waals surface area contributed by atoms with Gasteiger partial charge in [-0.2, -0.15) is 0 Å². The number of hydrogen-bond donors (Lipinski definition) is 1. The summed E-state index contributed by atoms with van der Waals surface area (Å²) in [6.45, 7) is 0.664. The first-order valence-electron chi connectivity index (χ1n) is 6.27. The van der Waals surface area contributed by atoms with Crippen molar-refractivity contribution in [2.75, 3.05) is 13.1 Å². The van der Waals surface area contributed by atoms with Crippen LogP contribution in [-0.2, 0) is 0 Å². The van der Waals surface area contributed by atoms with Crippen molar-refractivity contribution in [3.63, 3.8) is 0 Å². The summed E-state index contributed by atoms with van der Waals surface area (Å²) in [7, 11) is 0. The average Bonchev–Trinajstić information content (AvgIpc) is 2.23. The van der Waals surface area contributed by atoms with E-state index in [9.17, 15) is 8.78 Å². The summed E-state index contributed by atoms with van der Waals surface area (Å²) in [5, 5.41) is 2.79. The molecule has 1 N–H and O–H groups in total. The zero-order valence-electron chi connectivity index (χ0n) is 9.27. The van der Waals surface area contributed by atoms with Crippen LogP contribution in [0, 0.1) is 11.8 Å². The van der Waals surface area contributed by atoms with Crippen molar-refractivity contribution >= 4 is 0 Å².